The second-order valence-electron chi connectivity index (χ2n) is 3.74. The molecule has 1 aromatic carbocycles. The summed E-state index contributed by atoms with van der Waals surface area (Å²) in [5.74, 6) is -0.691. The molecule has 0 spiro atoms. The van der Waals surface area contributed by atoms with E-state index >= 15 is 0 Å². The maximum atomic E-state index is 12.8. The molecule has 0 atom stereocenters. The van der Waals surface area contributed by atoms with Gasteiger partial charge in [-0.1, -0.05) is 0 Å². The van der Waals surface area contributed by atoms with Crippen molar-refractivity contribution in [3.8, 4) is 0 Å². The monoisotopic (exact) mass is 270 g/mol. The smallest absolute Gasteiger partial charge is 0.399 e. The third kappa shape index (κ3) is 2.84. The van der Waals surface area contributed by atoms with Gasteiger partial charge in [-0.15, -0.1) is 0 Å². The summed E-state index contributed by atoms with van der Waals surface area (Å²) in [5.41, 5.74) is 4.07. The van der Waals surface area contributed by atoms with E-state index in [4.69, 9.17) is 5.73 Å². The van der Waals surface area contributed by atoms with Gasteiger partial charge in [-0.25, -0.2) is 0 Å². The van der Waals surface area contributed by atoms with Gasteiger partial charge < -0.3 is 11.1 Å². The highest BCUT2D eigenvalue weighted by Crippen LogP contribution is 2.36. The molecular weight excluding hydrogens is 261 g/mol. The fourth-order valence-corrected chi connectivity index (χ4v) is 1.47. The number of nitrogens with zero attached hydrogens (tertiary/aromatic N) is 1. The van der Waals surface area contributed by atoms with Crippen LogP contribution in [0, 0.1) is 0 Å². The molecule has 1 amide bonds. The number of carbonyl (C=O) groups is 1. The van der Waals surface area contributed by atoms with E-state index in [1.165, 1.54) is 18.5 Å². The molecule has 0 saturated carbocycles. The SMILES string of the molecule is Nc1ccc(NC(=O)c2cn[nH]c2)c(C(F)(F)F)c1. The van der Waals surface area contributed by atoms with Gasteiger partial charge in [-0.2, -0.15) is 18.3 Å². The lowest BCUT2D eigenvalue weighted by molar-refractivity contribution is -0.136. The van der Waals surface area contributed by atoms with Crippen molar-refractivity contribution in [2.75, 3.05) is 11.1 Å². The fourth-order valence-electron chi connectivity index (χ4n) is 1.47. The summed E-state index contributed by atoms with van der Waals surface area (Å²) in [4.78, 5) is 11.7. The average Bonchev–Trinajstić information content (AvgIpc) is 2.83. The maximum absolute atomic E-state index is 12.8. The molecule has 5 nitrogen and oxygen atoms in total. The number of nitrogen functional groups attached to an aromatic ring is 1. The van der Waals surface area contributed by atoms with E-state index in [9.17, 15) is 18.0 Å². The number of hydrogen-bond acceptors (Lipinski definition) is 3. The predicted molar refractivity (Wildman–Crippen MR) is 62.4 cm³/mol. The third-order valence-electron chi connectivity index (χ3n) is 2.36. The Labute approximate surface area is 105 Å². The number of rotatable bonds is 2. The van der Waals surface area contributed by atoms with E-state index < -0.39 is 17.6 Å². The van der Waals surface area contributed by atoms with E-state index in [0.29, 0.717) is 0 Å². The number of benzene rings is 1. The summed E-state index contributed by atoms with van der Waals surface area (Å²) < 4.78 is 38.4. The molecule has 8 heteroatoms. The standard InChI is InChI=1S/C11H9F3N4O/c12-11(13,14)8-3-7(15)1-2-9(8)18-10(19)6-4-16-17-5-6/h1-5H,15H2,(H,16,17)(H,18,19). The van der Waals surface area contributed by atoms with E-state index in [-0.39, 0.29) is 16.9 Å². The average molecular weight is 270 g/mol. The van der Waals surface area contributed by atoms with Crippen molar-refractivity contribution in [3.05, 3.63) is 41.7 Å². The van der Waals surface area contributed by atoms with Crippen LogP contribution in [0.3, 0.4) is 0 Å². The van der Waals surface area contributed by atoms with Crippen LogP contribution in [0.5, 0.6) is 0 Å². The van der Waals surface area contributed by atoms with Crippen LogP contribution in [0.1, 0.15) is 15.9 Å². The van der Waals surface area contributed by atoms with Crippen molar-refractivity contribution in [1.29, 1.82) is 0 Å². The van der Waals surface area contributed by atoms with Gasteiger partial charge in [0, 0.05) is 11.9 Å². The van der Waals surface area contributed by atoms with Crippen molar-refractivity contribution in [3.63, 3.8) is 0 Å². The minimum Gasteiger partial charge on any atom is -0.399 e. The maximum Gasteiger partial charge on any atom is 0.418 e. The molecule has 1 heterocycles. The lowest BCUT2D eigenvalue weighted by Gasteiger charge is -2.14. The summed E-state index contributed by atoms with van der Waals surface area (Å²) >= 11 is 0. The van der Waals surface area contributed by atoms with Crippen molar-refractivity contribution >= 4 is 17.3 Å². The van der Waals surface area contributed by atoms with Crippen LogP contribution in [0.25, 0.3) is 0 Å². The summed E-state index contributed by atoms with van der Waals surface area (Å²) in [5, 5.41) is 8.11. The van der Waals surface area contributed by atoms with Crippen LogP contribution in [-0.2, 0) is 6.18 Å². The summed E-state index contributed by atoms with van der Waals surface area (Å²) in [6.07, 6.45) is -2.12. The first-order valence-electron chi connectivity index (χ1n) is 5.15. The fraction of sp³-hybridized carbons (Fsp3) is 0.0909. The van der Waals surface area contributed by atoms with E-state index in [2.05, 4.69) is 15.5 Å². The molecule has 0 radical (unpaired) electrons. The Hall–Kier alpha value is -2.51. The van der Waals surface area contributed by atoms with Crippen LogP contribution in [0.15, 0.2) is 30.6 Å². The lowest BCUT2D eigenvalue weighted by atomic mass is 10.1. The molecule has 0 aliphatic carbocycles. The zero-order chi connectivity index (χ0) is 14.0. The van der Waals surface area contributed by atoms with Gasteiger partial charge in [0.05, 0.1) is 23.0 Å². The first-order chi connectivity index (χ1) is 8.88. The predicted octanol–water partition coefficient (Wildman–Crippen LogP) is 2.26. The highest BCUT2D eigenvalue weighted by Gasteiger charge is 2.34. The number of carbonyl (C=O) groups excluding carboxylic acids is 1. The van der Waals surface area contributed by atoms with Gasteiger partial charge >= 0.3 is 6.18 Å². The van der Waals surface area contributed by atoms with E-state index in [1.807, 2.05) is 0 Å². The Morgan fingerprint density at radius 2 is 2.11 bits per heavy atom. The van der Waals surface area contributed by atoms with Crippen LogP contribution in [0.4, 0.5) is 24.5 Å². The number of halogens is 3. The molecule has 0 aliphatic rings. The molecular formula is C11H9F3N4O. The largest absolute Gasteiger partial charge is 0.418 e. The Morgan fingerprint density at radius 3 is 2.68 bits per heavy atom. The molecule has 0 unspecified atom stereocenters. The molecule has 0 saturated heterocycles. The van der Waals surface area contributed by atoms with Crippen LogP contribution >= 0.6 is 0 Å². The number of H-pyrrole nitrogens is 1. The van der Waals surface area contributed by atoms with Gasteiger partial charge in [0.25, 0.3) is 5.91 Å². The highest BCUT2D eigenvalue weighted by molar-refractivity contribution is 6.04. The number of amides is 1. The van der Waals surface area contributed by atoms with Gasteiger partial charge in [-0.3, -0.25) is 9.89 Å². The van der Waals surface area contributed by atoms with Gasteiger partial charge in [0.1, 0.15) is 0 Å². The van der Waals surface area contributed by atoms with E-state index in [1.54, 1.807) is 0 Å². The van der Waals surface area contributed by atoms with Crippen molar-refractivity contribution in [2.24, 2.45) is 0 Å². The van der Waals surface area contributed by atoms with Crippen molar-refractivity contribution < 1.29 is 18.0 Å². The Kier molecular flexibility index (Phi) is 3.16. The number of nitrogens with two attached hydrogens (primary N) is 1. The molecule has 0 bridgehead atoms. The molecule has 19 heavy (non-hydrogen) atoms. The molecule has 0 aliphatic heterocycles. The number of anilines is 2. The van der Waals surface area contributed by atoms with Crippen LogP contribution in [-0.4, -0.2) is 16.1 Å². The van der Waals surface area contributed by atoms with Gasteiger partial charge in [0.15, 0.2) is 0 Å². The number of hydrogen-bond donors (Lipinski definition) is 3. The molecule has 2 rings (SSSR count). The quantitative estimate of drug-likeness (QED) is 0.732. The second-order valence-corrected chi connectivity index (χ2v) is 3.74. The molecule has 100 valence electrons. The first kappa shape index (κ1) is 12.9. The Balaban J connectivity index is 2.33. The minimum atomic E-state index is -4.60. The first-order valence-corrected chi connectivity index (χ1v) is 5.15. The Bertz CT molecular complexity index is 592. The normalized spacial score (nSPS) is 11.3. The number of aromatic nitrogens is 2. The van der Waals surface area contributed by atoms with Crippen molar-refractivity contribution in [1.82, 2.24) is 10.2 Å². The topological polar surface area (TPSA) is 83.8 Å². The third-order valence-corrected chi connectivity index (χ3v) is 2.36. The molecule has 1 aromatic heterocycles. The lowest BCUT2D eigenvalue weighted by Crippen LogP contribution is -2.16. The van der Waals surface area contributed by atoms with Crippen LogP contribution in [0.2, 0.25) is 0 Å². The molecule has 4 N–H and O–H groups in total. The van der Waals surface area contributed by atoms with Gasteiger partial charge in [-0.05, 0) is 18.2 Å². The molecule has 0 fully saturated rings. The van der Waals surface area contributed by atoms with Crippen LogP contribution < -0.4 is 11.1 Å². The molecule has 2 aromatic rings. The van der Waals surface area contributed by atoms with Gasteiger partial charge in [0.2, 0.25) is 0 Å². The van der Waals surface area contributed by atoms with E-state index in [0.717, 1.165) is 12.1 Å². The Morgan fingerprint density at radius 1 is 1.37 bits per heavy atom. The summed E-state index contributed by atoms with van der Waals surface area (Å²) in [6.45, 7) is 0. The second kappa shape index (κ2) is 4.63. The zero-order valence-electron chi connectivity index (χ0n) is 9.45. The number of aromatic amines is 1. The zero-order valence-corrected chi connectivity index (χ0v) is 9.45. The van der Waals surface area contributed by atoms with Crippen molar-refractivity contribution in [2.45, 2.75) is 6.18 Å². The highest BCUT2D eigenvalue weighted by atomic mass is 19.4. The minimum absolute atomic E-state index is 0.0337. The summed E-state index contributed by atoms with van der Waals surface area (Å²) in [6, 6.07) is 3.15. The summed E-state index contributed by atoms with van der Waals surface area (Å²) in [7, 11) is 0. The number of alkyl halides is 3. The number of nitrogens with one attached hydrogen (secondary N) is 2.